The van der Waals surface area contributed by atoms with Gasteiger partial charge in [-0.3, -0.25) is 9.79 Å². The first-order valence-electron chi connectivity index (χ1n) is 5.40. The number of rotatable bonds is 0. The molecule has 2 aliphatic rings. The van der Waals surface area contributed by atoms with Crippen LogP contribution in [0.5, 0.6) is 0 Å². The van der Waals surface area contributed by atoms with Gasteiger partial charge in [0.05, 0.1) is 17.3 Å². The van der Waals surface area contributed by atoms with Gasteiger partial charge in [-0.05, 0) is 53.6 Å². The van der Waals surface area contributed by atoms with Crippen LogP contribution in [0.15, 0.2) is 23.2 Å². The molecule has 1 unspecified atom stereocenters. The number of hydrogen-bond donors (Lipinski definition) is 0. The van der Waals surface area contributed by atoms with Crippen LogP contribution in [0.3, 0.4) is 0 Å². The van der Waals surface area contributed by atoms with Crippen molar-refractivity contribution in [3.8, 4) is 0 Å². The van der Waals surface area contributed by atoms with E-state index in [0.29, 0.717) is 0 Å². The molecule has 1 saturated heterocycles. The van der Waals surface area contributed by atoms with Crippen molar-refractivity contribution in [2.24, 2.45) is 4.99 Å². The Morgan fingerprint density at radius 3 is 3.19 bits per heavy atom. The maximum absolute atomic E-state index is 12.3. The summed E-state index contributed by atoms with van der Waals surface area (Å²) in [6.07, 6.45) is 4.05. The zero-order valence-corrected chi connectivity index (χ0v) is 10.8. The number of hydrogen-bond acceptors (Lipinski definition) is 2. The third-order valence-electron chi connectivity index (χ3n) is 3.14. The van der Waals surface area contributed by atoms with Gasteiger partial charge in [-0.2, -0.15) is 0 Å². The Balaban J connectivity index is 2.12. The Labute approximate surface area is 108 Å². The van der Waals surface area contributed by atoms with Gasteiger partial charge < -0.3 is 4.90 Å². The van der Waals surface area contributed by atoms with E-state index in [4.69, 9.17) is 0 Å². The van der Waals surface area contributed by atoms with E-state index in [-0.39, 0.29) is 11.9 Å². The van der Waals surface area contributed by atoms with Crippen LogP contribution in [0, 0.1) is 3.57 Å². The average molecular weight is 326 g/mol. The van der Waals surface area contributed by atoms with E-state index < -0.39 is 0 Å². The standard InChI is InChI=1S/C12H11IN2O/c13-8-3-4-10-11(6-8)14-7-9-2-1-5-15(9)12(10)16/h3-4,6-7,9H,1-2,5H2. The molecule has 82 valence electrons. The van der Waals surface area contributed by atoms with Crippen molar-refractivity contribution in [3.63, 3.8) is 0 Å². The highest BCUT2D eigenvalue weighted by Gasteiger charge is 2.31. The molecule has 16 heavy (non-hydrogen) atoms. The molecule has 0 bridgehead atoms. The van der Waals surface area contributed by atoms with Crippen LogP contribution in [0.1, 0.15) is 23.2 Å². The van der Waals surface area contributed by atoms with Crippen molar-refractivity contribution in [1.82, 2.24) is 4.90 Å². The number of aliphatic imine (C=N–C) groups is 1. The third-order valence-corrected chi connectivity index (χ3v) is 3.81. The van der Waals surface area contributed by atoms with E-state index in [0.717, 1.165) is 34.2 Å². The number of halogens is 1. The number of carbonyl (C=O) groups is 1. The van der Waals surface area contributed by atoms with Crippen LogP contribution < -0.4 is 0 Å². The maximum Gasteiger partial charge on any atom is 0.256 e. The Morgan fingerprint density at radius 2 is 2.31 bits per heavy atom. The Hall–Kier alpha value is -0.910. The Kier molecular flexibility index (Phi) is 2.46. The number of benzene rings is 1. The summed E-state index contributed by atoms with van der Waals surface area (Å²) >= 11 is 2.24. The SMILES string of the molecule is O=C1c2ccc(I)cc2N=CC2CCCN12. The second-order valence-corrected chi connectivity index (χ2v) is 5.39. The van der Waals surface area contributed by atoms with Gasteiger partial charge in [0, 0.05) is 16.3 Å². The molecular weight excluding hydrogens is 315 g/mol. The summed E-state index contributed by atoms with van der Waals surface area (Å²) < 4.78 is 1.11. The van der Waals surface area contributed by atoms with Crippen LogP contribution in [0.2, 0.25) is 0 Å². The van der Waals surface area contributed by atoms with Crippen molar-refractivity contribution < 1.29 is 4.79 Å². The molecule has 2 heterocycles. The highest BCUT2D eigenvalue weighted by atomic mass is 127. The maximum atomic E-state index is 12.3. The quantitative estimate of drug-likeness (QED) is 0.675. The molecule has 1 amide bonds. The monoisotopic (exact) mass is 326 g/mol. The van der Waals surface area contributed by atoms with Gasteiger partial charge in [0.25, 0.3) is 5.91 Å². The molecule has 0 aliphatic carbocycles. The Bertz CT molecular complexity index is 484. The van der Waals surface area contributed by atoms with E-state index in [1.807, 2.05) is 29.3 Å². The van der Waals surface area contributed by atoms with E-state index >= 15 is 0 Å². The molecule has 3 rings (SSSR count). The van der Waals surface area contributed by atoms with Gasteiger partial charge in [-0.25, -0.2) is 0 Å². The molecule has 0 spiro atoms. The van der Waals surface area contributed by atoms with Crippen LogP contribution in [-0.4, -0.2) is 29.6 Å². The molecule has 1 atom stereocenters. The minimum Gasteiger partial charge on any atom is -0.331 e. The summed E-state index contributed by atoms with van der Waals surface area (Å²) in [5.74, 6) is 0.131. The lowest BCUT2D eigenvalue weighted by Crippen LogP contribution is -2.35. The van der Waals surface area contributed by atoms with Gasteiger partial charge in [0.2, 0.25) is 0 Å². The first-order valence-corrected chi connectivity index (χ1v) is 6.48. The van der Waals surface area contributed by atoms with Crippen LogP contribution in [0.25, 0.3) is 0 Å². The van der Waals surface area contributed by atoms with E-state index in [1.54, 1.807) is 0 Å². The minimum absolute atomic E-state index is 0.131. The number of carbonyl (C=O) groups excluding carboxylic acids is 1. The predicted octanol–water partition coefficient (Wildman–Crippen LogP) is 2.61. The summed E-state index contributed by atoms with van der Waals surface area (Å²) in [6, 6.07) is 6.02. The second-order valence-electron chi connectivity index (χ2n) is 4.15. The molecule has 1 fully saturated rings. The van der Waals surface area contributed by atoms with E-state index in [2.05, 4.69) is 27.6 Å². The minimum atomic E-state index is 0.131. The fourth-order valence-electron chi connectivity index (χ4n) is 2.31. The van der Waals surface area contributed by atoms with Crippen molar-refractivity contribution >= 4 is 40.4 Å². The first-order chi connectivity index (χ1) is 7.75. The lowest BCUT2D eigenvalue weighted by Gasteiger charge is -2.19. The fraction of sp³-hybridized carbons (Fsp3) is 0.333. The molecule has 1 aromatic carbocycles. The molecular formula is C12H11IN2O. The van der Waals surface area contributed by atoms with Crippen molar-refractivity contribution in [3.05, 3.63) is 27.3 Å². The van der Waals surface area contributed by atoms with Crippen LogP contribution in [0.4, 0.5) is 5.69 Å². The lowest BCUT2D eigenvalue weighted by molar-refractivity contribution is 0.0775. The molecule has 3 nitrogen and oxygen atoms in total. The van der Waals surface area contributed by atoms with Gasteiger partial charge in [-0.1, -0.05) is 0 Å². The summed E-state index contributed by atoms with van der Waals surface area (Å²) in [5, 5.41) is 0. The predicted molar refractivity (Wildman–Crippen MR) is 71.4 cm³/mol. The Morgan fingerprint density at radius 1 is 1.44 bits per heavy atom. The summed E-state index contributed by atoms with van der Waals surface area (Å²) in [7, 11) is 0. The average Bonchev–Trinajstić information content (AvgIpc) is 2.69. The molecule has 0 saturated carbocycles. The van der Waals surface area contributed by atoms with Crippen molar-refractivity contribution in [2.45, 2.75) is 18.9 Å². The first kappa shape index (κ1) is 10.3. The van der Waals surface area contributed by atoms with Crippen molar-refractivity contribution in [1.29, 1.82) is 0 Å². The van der Waals surface area contributed by atoms with Crippen molar-refractivity contribution in [2.75, 3.05) is 6.54 Å². The van der Waals surface area contributed by atoms with Gasteiger partial charge >= 0.3 is 0 Å². The highest BCUT2D eigenvalue weighted by molar-refractivity contribution is 14.1. The fourth-order valence-corrected chi connectivity index (χ4v) is 2.79. The van der Waals surface area contributed by atoms with Gasteiger partial charge in [-0.15, -0.1) is 0 Å². The molecule has 2 aliphatic heterocycles. The van der Waals surface area contributed by atoms with Gasteiger partial charge in [0.15, 0.2) is 0 Å². The van der Waals surface area contributed by atoms with Crippen LogP contribution in [-0.2, 0) is 0 Å². The van der Waals surface area contributed by atoms with Crippen LogP contribution >= 0.6 is 22.6 Å². The molecule has 1 aromatic rings. The van der Waals surface area contributed by atoms with Gasteiger partial charge in [0.1, 0.15) is 0 Å². The smallest absolute Gasteiger partial charge is 0.256 e. The zero-order chi connectivity index (χ0) is 11.1. The summed E-state index contributed by atoms with van der Waals surface area (Å²) in [4.78, 5) is 18.7. The summed E-state index contributed by atoms with van der Waals surface area (Å²) in [5.41, 5.74) is 1.55. The number of amides is 1. The molecule has 4 heteroatoms. The zero-order valence-electron chi connectivity index (χ0n) is 8.69. The summed E-state index contributed by atoms with van der Waals surface area (Å²) in [6.45, 7) is 0.862. The number of fused-ring (bicyclic) bond motifs is 2. The topological polar surface area (TPSA) is 32.7 Å². The second kappa shape index (κ2) is 3.84. The molecule has 0 aromatic heterocycles. The molecule has 0 N–H and O–H groups in total. The normalized spacial score (nSPS) is 22.9. The lowest BCUT2D eigenvalue weighted by atomic mass is 10.1. The highest BCUT2D eigenvalue weighted by Crippen LogP contribution is 2.29. The third kappa shape index (κ3) is 1.55. The van der Waals surface area contributed by atoms with E-state index in [1.165, 1.54) is 0 Å². The largest absolute Gasteiger partial charge is 0.331 e. The van der Waals surface area contributed by atoms with E-state index in [9.17, 15) is 4.79 Å². The molecule has 0 radical (unpaired) electrons. The number of nitrogens with zero attached hydrogens (tertiary/aromatic N) is 2.